The number of thiocarbonyl (C=S) groups is 1. The molecule has 3 aromatic rings. The van der Waals surface area contributed by atoms with Crippen molar-refractivity contribution in [1.82, 2.24) is 14.9 Å². The third kappa shape index (κ3) is 4.12. The summed E-state index contributed by atoms with van der Waals surface area (Å²) >= 11 is 5.83. The van der Waals surface area contributed by atoms with Gasteiger partial charge in [0.1, 0.15) is 6.04 Å². The molecule has 166 valence electrons. The summed E-state index contributed by atoms with van der Waals surface area (Å²) in [5.41, 5.74) is 4.91. The molecule has 2 unspecified atom stereocenters. The summed E-state index contributed by atoms with van der Waals surface area (Å²) in [6.07, 6.45) is 4.38. The van der Waals surface area contributed by atoms with Crippen molar-refractivity contribution in [2.45, 2.75) is 52.2 Å². The lowest BCUT2D eigenvalue weighted by molar-refractivity contribution is -0.115. The van der Waals surface area contributed by atoms with Crippen LogP contribution in [0.3, 0.4) is 0 Å². The molecule has 1 amide bonds. The molecule has 4 rings (SSSR count). The number of carbonyl (C=O) groups is 1. The van der Waals surface area contributed by atoms with Crippen LogP contribution in [-0.2, 0) is 4.79 Å². The lowest BCUT2D eigenvalue weighted by Crippen LogP contribution is -2.30. The number of pyridine rings is 1. The van der Waals surface area contributed by atoms with Gasteiger partial charge in [0.2, 0.25) is 5.91 Å². The minimum absolute atomic E-state index is 0.00191. The van der Waals surface area contributed by atoms with Crippen molar-refractivity contribution < 1.29 is 4.79 Å². The smallest absolute Gasteiger partial charge is 0.224 e. The molecule has 7 heteroatoms. The Hall–Kier alpha value is -3.19. The normalized spacial score (nSPS) is 18.2. The number of hydrogen-bond acceptors (Lipinski definition) is 3. The zero-order valence-corrected chi connectivity index (χ0v) is 19.7. The monoisotopic (exact) mass is 447 g/mol. The van der Waals surface area contributed by atoms with Crippen LogP contribution in [0, 0.1) is 6.92 Å². The SMILES string of the molecule is CCC(=O)Nc1ccc(N2C(=S)NC(c3ccccn3)C2c2cccn2C(C)C)cc1C. The third-order valence-electron chi connectivity index (χ3n) is 5.85. The number of benzene rings is 1. The van der Waals surface area contributed by atoms with Crippen LogP contribution in [0.5, 0.6) is 0 Å². The van der Waals surface area contributed by atoms with Gasteiger partial charge in [-0.2, -0.15) is 0 Å². The molecule has 0 radical (unpaired) electrons. The molecule has 0 spiro atoms. The Balaban J connectivity index is 1.79. The summed E-state index contributed by atoms with van der Waals surface area (Å²) in [7, 11) is 0. The molecule has 6 nitrogen and oxygen atoms in total. The van der Waals surface area contributed by atoms with Crippen LogP contribution in [0.15, 0.2) is 60.9 Å². The van der Waals surface area contributed by atoms with E-state index in [0.29, 0.717) is 17.6 Å². The first-order valence-electron chi connectivity index (χ1n) is 11.0. The second-order valence-electron chi connectivity index (χ2n) is 8.33. The van der Waals surface area contributed by atoms with Gasteiger partial charge in [-0.05, 0) is 81.0 Å². The predicted octanol–water partition coefficient (Wildman–Crippen LogP) is 5.30. The van der Waals surface area contributed by atoms with Crippen LogP contribution in [0.25, 0.3) is 0 Å². The predicted molar refractivity (Wildman–Crippen MR) is 133 cm³/mol. The van der Waals surface area contributed by atoms with Gasteiger partial charge in [-0.25, -0.2) is 0 Å². The molecule has 1 aliphatic heterocycles. The van der Waals surface area contributed by atoms with E-state index in [9.17, 15) is 4.79 Å². The Morgan fingerprint density at radius 2 is 2.03 bits per heavy atom. The van der Waals surface area contributed by atoms with E-state index in [4.69, 9.17) is 12.2 Å². The Labute approximate surface area is 194 Å². The number of amides is 1. The van der Waals surface area contributed by atoms with Crippen molar-refractivity contribution in [2.75, 3.05) is 10.2 Å². The van der Waals surface area contributed by atoms with Crippen LogP contribution < -0.4 is 15.5 Å². The van der Waals surface area contributed by atoms with E-state index in [1.807, 2.05) is 50.4 Å². The molecule has 1 saturated heterocycles. The highest BCUT2D eigenvalue weighted by Crippen LogP contribution is 2.42. The molecular weight excluding hydrogens is 418 g/mol. The largest absolute Gasteiger partial charge is 0.351 e. The van der Waals surface area contributed by atoms with Gasteiger partial charge < -0.3 is 20.1 Å². The second-order valence-corrected chi connectivity index (χ2v) is 8.72. The van der Waals surface area contributed by atoms with E-state index in [1.54, 1.807) is 0 Å². The summed E-state index contributed by atoms with van der Waals surface area (Å²) in [6.45, 7) is 8.21. The van der Waals surface area contributed by atoms with Crippen molar-refractivity contribution in [1.29, 1.82) is 0 Å². The number of nitrogens with zero attached hydrogens (tertiary/aromatic N) is 3. The van der Waals surface area contributed by atoms with Gasteiger partial charge in [0.15, 0.2) is 5.11 Å². The van der Waals surface area contributed by atoms with Crippen molar-refractivity contribution in [3.63, 3.8) is 0 Å². The van der Waals surface area contributed by atoms with E-state index >= 15 is 0 Å². The maximum Gasteiger partial charge on any atom is 0.224 e. The maximum atomic E-state index is 11.9. The molecule has 0 bridgehead atoms. The van der Waals surface area contributed by atoms with E-state index in [0.717, 1.165) is 22.6 Å². The van der Waals surface area contributed by atoms with Crippen molar-refractivity contribution in [3.05, 3.63) is 77.9 Å². The molecule has 32 heavy (non-hydrogen) atoms. The van der Waals surface area contributed by atoms with E-state index in [-0.39, 0.29) is 18.0 Å². The second kappa shape index (κ2) is 9.12. The molecular formula is C25H29N5OS. The van der Waals surface area contributed by atoms with Crippen LogP contribution in [0.1, 0.15) is 62.3 Å². The molecule has 2 atom stereocenters. The van der Waals surface area contributed by atoms with Crippen LogP contribution in [0.2, 0.25) is 0 Å². The maximum absolute atomic E-state index is 11.9. The molecule has 1 aliphatic rings. The van der Waals surface area contributed by atoms with Crippen molar-refractivity contribution in [3.8, 4) is 0 Å². The van der Waals surface area contributed by atoms with Gasteiger partial charge in [0.25, 0.3) is 0 Å². The number of nitrogens with one attached hydrogen (secondary N) is 2. The van der Waals surface area contributed by atoms with Gasteiger partial charge in [-0.1, -0.05) is 13.0 Å². The molecule has 2 aromatic heterocycles. The fourth-order valence-electron chi connectivity index (χ4n) is 4.24. The van der Waals surface area contributed by atoms with Crippen LogP contribution >= 0.6 is 12.2 Å². The number of hydrogen-bond donors (Lipinski definition) is 2. The number of anilines is 2. The van der Waals surface area contributed by atoms with E-state index in [2.05, 4.69) is 63.3 Å². The lowest BCUT2D eigenvalue weighted by Gasteiger charge is -2.30. The van der Waals surface area contributed by atoms with Crippen molar-refractivity contribution in [2.24, 2.45) is 0 Å². The summed E-state index contributed by atoms with van der Waals surface area (Å²) in [5, 5.41) is 7.14. The zero-order chi connectivity index (χ0) is 22.8. The highest BCUT2D eigenvalue weighted by Gasteiger charge is 2.42. The number of carbonyl (C=O) groups excluding carboxylic acids is 1. The van der Waals surface area contributed by atoms with E-state index < -0.39 is 0 Å². The van der Waals surface area contributed by atoms with Gasteiger partial charge in [-0.15, -0.1) is 0 Å². The molecule has 1 fully saturated rings. The van der Waals surface area contributed by atoms with Gasteiger partial charge in [-0.3, -0.25) is 9.78 Å². The average molecular weight is 448 g/mol. The summed E-state index contributed by atoms with van der Waals surface area (Å²) in [4.78, 5) is 18.7. The molecule has 0 saturated carbocycles. The zero-order valence-electron chi connectivity index (χ0n) is 18.9. The Kier molecular flexibility index (Phi) is 6.28. The standard InChI is InChI=1S/C25H29N5OS/c1-5-22(31)27-19-12-11-18(15-17(19)4)30-24(21-10-8-14-29(21)16(2)3)23(28-25(30)32)20-9-6-7-13-26-20/h6-16,23-24H,5H2,1-4H3,(H,27,31)(H,28,32). The molecule has 1 aromatic carbocycles. The average Bonchev–Trinajstić information content (AvgIpc) is 3.40. The molecule has 3 heterocycles. The lowest BCUT2D eigenvalue weighted by atomic mass is 10.00. The highest BCUT2D eigenvalue weighted by molar-refractivity contribution is 7.80. The Morgan fingerprint density at radius 3 is 2.69 bits per heavy atom. The van der Waals surface area contributed by atoms with E-state index in [1.165, 1.54) is 5.69 Å². The summed E-state index contributed by atoms with van der Waals surface area (Å²) in [6, 6.07) is 16.4. The van der Waals surface area contributed by atoms with Gasteiger partial charge >= 0.3 is 0 Å². The minimum atomic E-state index is -0.0872. The third-order valence-corrected chi connectivity index (χ3v) is 6.17. The van der Waals surface area contributed by atoms with Crippen LogP contribution in [-0.4, -0.2) is 20.6 Å². The minimum Gasteiger partial charge on any atom is -0.351 e. The molecule has 0 aliphatic carbocycles. The first kappa shape index (κ1) is 22.0. The first-order valence-corrected chi connectivity index (χ1v) is 11.4. The number of aryl methyl sites for hydroxylation is 1. The number of rotatable bonds is 6. The van der Waals surface area contributed by atoms with Crippen molar-refractivity contribution >= 4 is 34.6 Å². The summed E-state index contributed by atoms with van der Waals surface area (Å²) in [5.74, 6) is 0.00191. The number of aromatic nitrogens is 2. The Morgan fingerprint density at radius 1 is 1.22 bits per heavy atom. The first-order chi connectivity index (χ1) is 15.4. The fourth-order valence-corrected chi connectivity index (χ4v) is 4.58. The van der Waals surface area contributed by atoms with Crippen LogP contribution in [0.4, 0.5) is 11.4 Å². The quantitative estimate of drug-likeness (QED) is 0.502. The Bertz CT molecular complexity index is 1120. The molecule has 2 N–H and O–H groups in total. The fraction of sp³-hybridized carbons (Fsp3) is 0.320. The topological polar surface area (TPSA) is 62.2 Å². The summed E-state index contributed by atoms with van der Waals surface area (Å²) < 4.78 is 2.28. The van der Waals surface area contributed by atoms with Gasteiger partial charge in [0, 0.05) is 41.9 Å². The highest BCUT2D eigenvalue weighted by atomic mass is 32.1. The van der Waals surface area contributed by atoms with Gasteiger partial charge in [0.05, 0.1) is 11.7 Å².